The zero-order chi connectivity index (χ0) is 20.8. The molecule has 0 amide bonds. The second kappa shape index (κ2) is 9.36. The van der Waals surface area contributed by atoms with Crippen LogP contribution in [0.25, 0.3) is 6.08 Å². The summed E-state index contributed by atoms with van der Waals surface area (Å²) in [7, 11) is 7.97. The van der Waals surface area contributed by atoms with Gasteiger partial charge in [0, 0.05) is 45.5 Å². The fourth-order valence-electron chi connectivity index (χ4n) is 3.30. The molecule has 0 bridgehead atoms. The van der Waals surface area contributed by atoms with Gasteiger partial charge in [-0.15, -0.1) is 0 Å². The predicted octanol–water partition coefficient (Wildman–Crippen LogP) is 4.41. The Morgan fingerprint density at radius 1 is 0.750 bits per heavy atom. The molecule has 0 aliphatic carbocycles. The highest BCUT2D eigenvalue weighted by atomic mass is 16.1. The van der Waals surface area contributed by atoms with Crippen molar-refractivity contribution in [2.75, 3.05) is 38.0 Å². The third-order valence-electron chi connectivity index (χ3n) is 4.93. The molecule has 1 atom stereocenters. The summed E-state index contributed by atoms with van der Waals surface area (Å²) in [5.41, 5.74) is 4.19. The molecule has 0 heterocycles. The van der Waals surface area contributed by atoms with E-state index in [0.29, 0.717) is 0 Å². The summed E-state index contributed by atoms with van der Waals surface area (Å²) < 4.78 is 0. The van der Waals surface area contributed by atoms with E-state index < -0.39 is 5.92 Å². The predicted molar refractivity (Wildman–Crippen MR) is 118 cm³/mol. The summed E-state index contributed by atoms with van der Waals surface area (Å²) in [6.07, 6.45) is 3.96. The number of hydrogen-bond acceptors (Lipinski definition) is 4. The molecule has 2 rings (SSSR count). The highest BCUT2D eigenvalue weighted by Gasteiger charge is 2.29. The number of carbonyl (C=O) groups excluding carboxylic acids is 2. The Balaban J connectivity index is 2.39. The Morgan fingerprint density at radius 3 is 1.57 bits per heavy atom. The Kier molecular flexibility index (Phi) is 7.16. The van der Waals surface area contributed by atoms with Crippen LogP contribution < -0.4 is 9.80 Å². The molecule has 28 heavy (non-hydrogen) atoms. The maximum atomic E-state index is 12.2. The van der Waals surface area contributed by atoms with Crippen LogP contribution in [0.5, 0.6) is 0 Å². The van der Waals surface area contributed by atoms with Crippen LogP contribution in [0, 0.1) is 5.92 Å². The van der Waals surface area contributed by atoms with Crippen LogP contribution in [0.3, 0.4) is 0 Å². The van der Waals surface area contributed by atoms with Crippen molar-refractivity contribution < 1.29 is 9.59 Å². The summed E-state index contributed by atoms with van der Waals surface area (Å²) in [6.45, 7) is 2.99. The fraction of sp³-hybridized carbons (Fsp3) is 0.333. The topological polar surface area (TPSA) is 40.6 Å². The van der Waals surface area contributed by atoms with Gasteiger partial charge in [-0.2, -0.15) is 0 Å². The number of carbonyl (C=O) groups is 2. The van der Waals surface area contributed by atoms with Crippen LogP contribution >= 0.6 is 0 Å². The molecule has 2 aromatic rings. The third kappa shape index (κ3) is 5.32. The zero-order valence-electron chi connectivity index (χ0n) is 17.6. The molecule has 0 N–H and O–H groups in total. The molecule has 0 saturated heterocycles. The Morgan fingerprint density at radius 2 is 1.18 bits per heavy atom. The molecule has 1 unspecified atom stereocenters. The smallest absolute Gasteiger partial charge is 0.141 e. The van der Waals surface area contributed by atoms with Crippen LogP contribution in [0.4, 0.5) is 11.4 Å². The van der Waals surface area contributed by atoms with Crippen molar-refractivity contribution in [2.45, 2.75) is 19.8 Å². The number of allylic oxidation sites excluding steroid dienone is 1. The molecule has 0 aromatic heterocycles. The Hall–Kier alpha value is -2.88. The number of rotatable bonds is 8. The highest BCUT2D eigenvalue weighted by molar-refractivity contribution is 6.01. The first-order chi connectivity index (χ1) is 13.2. The summed E-state index contributed by atoms with van der Waals surface area (Å²) in [6, 6.07) is 16.2. The van der Waals surface area contributed by atoms with Crippen molar-refractivity contribution in [3.05, 3.63) is 65.7 Å². The lowest BCUT2D eigenvalue weighted by Gasteiger charge is -2.22. The van der Waals surface area contributed by atoms with Gasteiger partial charge in [0.15, 0.2) is 0 Å². The maximum Gasteiger partial charge on any atom is 0.141 e. The molecule has 0 aliphatic heterocycles. The Bertz CT molecular complexity index is 820. The number of benzene rings is 2. The van der Waals surface area contributed by atoms with Crippen molar-refractivity contribution in [3.8, 4) is 0 Å². The average molecular weight is 379 g/mol. The van der Waals surface area contributed by atoms with Crippen LogP contribution in [-0.4, -0.2) is 39.8 Å². The van der Waals surface area contributed by atoms with E-state index >= 15 is 0 Å². The van der Waals surface area contributed by atoms with Gasteiger partial charge in [-0.25, -0.2) is 0 Å². The largest absolute Gasteiger partial charge is 0.378 e. The van der Waals surface area contributed by atoms with Crippen LogP contribution in [0.1, 0.15) is 30.9 Å². The molecule has 0 aliphatic rings. The molecule has 0 radical (unpaired) electrons. The minimum Gasteiger partial charge on any atom is -0.378 e. The zero-order valence-corrected chi connectivity index (χ0v) is 17.6. The van der Waals surface area contributed by atoms with Crippen molar-refractivity contribution in [1.29, 1.82) is 0 Å². The molecular weight excluding hydrogens is 348 g/mol. The number of Topliss-reactive ketones (excluding diaryl/α,β-unsaturated/α-hetero) is 2. The first kappa shape index (κ1) is 21.4. The van der Waals surface area contributed by atoms with Gasteiger partial charge >= 0.3 is 0 Å². The van der Waals surface area contributed by atoms with Gasteiger partial charge in [0.2, 0.25) is 0 Å². The molecule has 4 nitrogen and oxygen atoms in total. The van der Waals surface area contributed by atoms with E-state index in [1.54, 1.807) is 0 Å². The van der Waals surface area contributed by atoms with E-state index in [1.165, 1.54) is 13.8 Å². The monoisotopic (exact) mass is 378 g/mol. The summed E-state index contributed by atoms with van der Waals surface area (Å²) in [5.74, 6) is -1.19. The van der Waals surface area contributed by atoms with Gasteiger partial charge < -0.3 is 9.80 Å². The van der Waals surface area contributed by atoms with Crippen molar-refractivity contribution in [3.63, 3.8) is 0 Å². The van der Waals surface area contributed by atoms with Crippen molar-refractivity contribution in [2.24, 2.45) is 5.92 Å². The quantitative estimate of drug-likeness (QED) is 0.638. The lowest BCUT2D eigenvalue weighted by atomic mass is 9.80. The molecule has 148 valence electrons. The van der Waals surface area contributed by atoms with Crippen molar-refractivity contribution >= 4 is 29.0 Å². The van der Waals surface area contributed by atoms with E-state index in [9.17, 15) is 9.59 Å². The standard InChI is InChI=1S/C24H30N2O2/c1-17(27)24(18(2)28)23(20-10-14-22(15-11-20)26(5)6)16-9-19-7-12-21(13-8-19)25(3)4/h7-16,23-24H,1-6H3. The van der Waals surface area contributed by atoms with Gasteiger partial charge in [0.25, 0.3) is 0 Å². The molecule has 4 heteroatoms. The van der Waals surface area contributed by atoms with E-state index in [4.69, 9.17) is 0 Å². The summed E-state index contributed by atoms with van der Waals surface area (Å²) in [4.78, 5) is 28.5. The first-order valence-electron chi connectivity index (χ1n) is 9.44. The van der Waals surface area contributed by atoms with Gasteiger partial charge in [0.05, 0.1) is 5.92 Å². The van der Waals surface area contributed by atoms with Gasteiger partial charge in [-0.3, -0.25) is 9.59 Å². The molecule has 0 spiro atoms. The van der Waals surface area contributed by atoms with Crippen LogP contribution in [0.15, 0.2) is 54.6 Å². The normalized spacial score (nSPS) is 12.2. The van der Waals surface area contributed by atoms with Gasteiger partial charge in [-0.05, 0) is 49.2 Å². The molecule has 0 fully saturated rings. The van der Waals surface area contributed by atoms with Crippen molar-refractivity contribution in [1.82, 2.24) is 0 Å². The minimum atomic E-state index is -0.678. The number of hydrogen-bond donors (Lipinski definition) is 0. The minimum absolute atomic E-state index is 0.109. The van der Waals surface area contributed by atoms with Gasteiger partial charge in [0.1, 0.15) is 11.6 Å². The van der Waals surface area contributed by atoms with E-state index in [2.05, 4.69) is 0 Å². The Labute approximate surface area is 168 Å². The number of nitrogens with zero attached hydrogens (tertiary/aromatic N) is 2. The summed E-state index contributed by atoms with van der Waals surface area (Å²) >= 11 is 0. The average Bonchev–Trinajstić information content (AvgIpc) is 2.64. The lowest BCUT2D eigenvalue weighted by Crippen LogP contribution is -2.26. The van der Waals surface area contributed by atoms with E-state index in [1.807, 2.05) is 98.7 Å². The highest BCUT2D eigenvalue weighted by Crippen LogP contribution is 2.30. The SMILES string of the molecule is CC(=O)C(C(C)=O)C(C=Cc1ccc(N(C)C)cc1)c1ccc(N(C)C)cc1. The van der Waals surface area contributed by atoms with Gasteiger partial charge in [-0.1, -0.05) is 36.4 Å². The second-order valence-electron chi connectivity index (χ2n) is 7.56. The third-order valence-corrected chi connectivity index (χ3v) is 4.93. The summed E-state index contributed by atoms with van der Waals surface area (Å²) in [5, 5.41) is 0. The van der Waals surface area contributed by atoms with E-state index in [-0.39, 0.29) is 17.5 Å². The number of ketones is 2. The van der Waals surface area contributed by atoms with E-state index in [0.717, 1.165) is 22.5 Å². The molecular formula is C24H30N2O2. The van der Waals surface area contributed by atoms with Crippen LogP contribution in [0.2, 0.25) is 0 Å². The first-order valence-corrected chi connectivity index (χ1v) is 9.44. The molecule has 2 aromatic carbocycles. The van der Waals surface area contributed by atoms with Crippen LogP contribution in [-0.2, 0) is 9.59 Å². The molecule has 0 saturated carbocycles. The number of anilines is 2. The fourth-order valence-corrected chi connectivity index (χ4v) is 3.30. The maximum absolute atomic E-state index is 12.2. The lowest BCUT2D eigenvalue weighted by molar-refractivity contribution is -0.130. The second-order valence-corrected chi connectivity index (χ2v) is 7.56.